The number of carboxylic acid groups (broad SMARTS) is 1. The highest BCUT2D eigenvalue weighted by atomic mass is 32.2. The standard InChI is InChI=1S/C14H19NO4S/c16-14(17)11-1-3-13(4-2-11)19-8-7-15-12-5-9-20(18)10-6-12/h1-4,12,15H,5-10H2,(H,16,17). The lowest BCUT2D eigenvalue weighted by Crippen LogP contribution is -2.37. The predicted molar refractivity (Wildman–Crippen MR) is 77.8 cm³/mol. The van der Waals surface area contributed by atoms with E-state index in [2.05, 4.69) is 5.32 Å². The normalized spacial score (nSPS) is 22.4. The van der Waals surface area contributed by atoms with Crippen molar-refractivity contribution >= 4 is 16.8 Å². The monoisotopic (exact) mass is 297 g/mol. The fourth-order valence-corrected chi connectivity index (χ4v) is 3.42. The Balaban J connectivity index is 1.65. The molecule has 0 radical (unpaired) electrons. The molecule has 2 rings (SSSR count). The summed E-state index contributed by atoms with van der Waals surface area (Å²) < 4.78 is 16.8. The summed E-state index contributed by atoms with van der Waals surface area (Å²) in [7, 11) is -0.623. The van der Waals surface area contributed by atoms with E-state index in [1.807, 2.05) is 0 Å². The number of aromatic carboxylic acids is 1. The average Bonchev–Trinajstić information content (AvgIpc) is 2.46. The summed E-state index contributed by atoms with van der Waals surface area (Å²) in [5.41, 5.74) is 0.255. The van der Waals surface area contributed by atoms with E-state index in [0.29, 0.717) is 18.4 Å². The molecule has 110 valence electrons. The molecular weight excluding hydrogens is 278 g/mol. The fraction of sp³-hybridized carbons (Fsp3) is 0.500. The van der Waals surface area contributed by atoms with Crippen molar-refractivity contribution in [3.63, 3.8) is 0 Å². The van der Waals surface area contributed by atoms with E-state index < -0.39 is 16.8 Å². The fourth-order valence-electron chi connectivity index (χ4n) is 2.12. The van der Waals surface area contributed by atoms with E-state index in [-0.39, 0.29) is 5.56 Å². The summed E-state index contributed by atoms with van der Waals surface area (Å²) >= 11 is 0. The lowest BCUT2D eigenvalue weighted by molar-refractivity contribution is 0.0697. The van der Waals surface area contributed by atoms with Gasteiger partial charge in [-0.15, -0.1) is 0 Å². The summed E-state index contributed by atoms with van der Waals surface area (Å²) in [6.45, 7) is 1.27. The lowest BCUT2D eigenvalue weighted by atomic mass is 10.1. The second kappa shape index (κ2) is 7.40. The van der Waals surface area contributed by atoms with Gasteiger partial charge in [-0.2, -0.15) is 0 Å². The molecule has 1 saturated heterocycles. The second-order valence-electron chi connectivity index (χ2n) is 4.75. The van der Waals surface area contributed by atoms with Crippen molar-refractivity contribution < 1.29 is 18.8 Å². The van der Waals surface area contributed by atoms with Gasteiger partial charge in [0.25, 0.3) is 0 Å². The Morgan fingerprint density at radius 3 is 2.55 bits per heavy atom. The third-order valence-electron chi connectivity index (χ3n) is 3.29. The molecule has 1 heterocycles. The molecule has 1 aromatic rings. The van der Waals surface area contributed by atoms with Crippen molar-refractivity contribution in [3.05, 3.63) is 29.8 Å². The number of carbonyl (C=O) groups is 1. The molecule has 0 saturated carbocycles. The van der Waals surface area contributed by atoms with E-state index in [1.54, 1.807) is 12.1 Å². The van der Waals surface area contributed by atoms with Crippen molar-refractivity contribution in [3.8, 4) is 5.75 Å². The number of rotatable bonds is 6. The van der Waals surface area contributed by atoms with Crippen LogP contribution >= 0.6 is 0 Å². The SMILES string of the molecule is O=C(O)c1ccc(OCCNC2CCS(=O)CC2)cc1. The zero-order chi connectivity index (χ0) is 14.4. The Kier molecular flexibility index (Phi) is 5.55. The van der Waals surface area contributed by atoms with Crippen LogP contribution in [0.1, 0.15) is 23.2 Å². The quantitative estimate of drug-likeness (QED) is 0.773. The zero-order valence-electron chi connectivity index (χ0n) is 11.2. The second-order valence-corrected chi connectivity index (χ2v) is 6.45. The van der Waals surface area contributed by atoms with Crippen molar-refractivity contribution in [1.82, 2.24) is 5.32 Å². The van der Waals surface area contributed by atoms with Crippen LogP contribution < -0.4 is 10.1 Å². The first-order chi connectivity index (χ1) is 9.65. The molecule has 0 spiro atoms. The van der Waals surface area contributed by atoms with Gasteiger partial charge in [0.05, 0.1) is 5.56 Å². The Labute approximate surface area is 120 Å². The maximum absolute atomic E-state index is 11.2. The van der Waals surface area contributed by atoms with Crippen LogP contribution in [0.15, 0.2) is 24.3 Å². The molecule has 0 unspecified atom stereocenters. The average molecular weight is 297 g/mol. The van der Waals surface area contributed by atoms with Gasteiger partial charge in [-0.25, -0.2) is 4.79 Å². The van der Waals surface area contributed by atoms with Gasteiger partial charge in [-0.3, -0.25) is 4.21 Å². The molecular formula is C14H19NO4S. The molecule has 1 aromatic carbocycles. The van der Waals surface area contributed by atoms with Crippen LogP contribution in [0.5, 0.6) is 5.75 Å². The van der Waals surface area contributed by atoms with Gasteiger partial charge in [0, 0.05) is 34.9 Å². The highest BCUT2D eigenvalue weighted by Crippen LogP contribution is 2.12. The van der Waals surface area contributed by atoms with Gasteiger partial charge in [-0.05, 0) is 37.1 Å². The number of nitrogens with one attached hydrogen (secondary N) is 1. The summed E-state index contributed by atoms with van der Waals surface area (Å²) in [6.07, 6.45) is 1.92. The van der Waals surface area contributed by atoms with Gasteiger partial charge in [0.1, 0.15) is 12.4 Å². The molecule has 0 bridgehead atoms. The van der Waals surface area contributed by atoms with Crippen LogP contribution in [0, 0.1) is 0 Å². The molecule has 20 heavy (non-hydrogen) atoms. The van der Waals surface area contributed by atoms with Crippen LogP contribution in [-0.4, -0.2) is 46.0 Å². The van der Waals surface area contributed by atoms with Gasteiger partial charge in [0.2, 0.25) is 0 Å². The van der Waals surface area contributed by atoms with Gasteiger partial charge in [-0.1, -0.05) is 0 Å². The van der Waals surface area contributed by atoms with Crippen LogP contribution in [0.25, 0.3) is 0 Å². The molecule has 6 heteroatoms. The van der Waals surface area contributed by atoms with Crippen LogP contribution in [0.3, 0.4) is 0 Å². The van der Waals surface area contributed by atoms with Crippen LogP contribution in [-0.2, 0) is 10.8 Å². The van der Waals surface area contributed by atoms with Crippen molar-refractivity contribution in [2.75, 3.05) is 24.7 Å². The maximum atomic E-state index is 11.2. The first-order valence-electron chi connectivity index (χ1n) is 6.69. The van der Waals surface area contributed by atoms with Crippen molar-refractivity contribution in [2.45, 2.75) is 18.9 Å². The molecule has 0 atom stereocenters. The third kappa shape index (κ3) is 4.61. The molecule has 0 amide bonds. The Hall–Kier alpha value is -1.40. The third-order valence-corrected chi connectivity index (χ3v) is 4.68. The number of hydrogen-bond acceptors (Lipinski definition) is 4. The van der Waals surface area contributed by atoms with Gasteiger partial charge >= 0.3 is 5.97 Å². The van der Waals surface area contributed by atoms with Gasteiger partial charge in [0.15, 0.2) is 0 Å². The van der Waals surface area contributed by atoms with Crippen LogP contribution in [0.4, 0.5) is 0 Å². The molecule has 1 aliphatic rings. The minimum atomic E-state index is -0.937. The molecule has 2 N–H and O–H groups in total. The summed E-state index contributed by atoms with van der Waals surface area (Å²) in [5.74, 6) is 1.30. The van der Waals surface area contributed by atoms with E-state index in [9.17, 15) is 9.00 Å². The summed E-state index contributed by atoms with van der Waals surface area (Å²) in [6, 6.07) is 6.81. The smallest absolute Gasteiger partial charge is 0.335 e. The molecule has 0 aliphatic carbocycles. The minimum Gasteiger partial charge on any atom is -0.492 e. The number of carboxylic acids is 1. The van der Waals surface area contributed by atoms with E-state index in [0.717, 1.165) is 30.9 Å². The molecule has 0 aromatic heterocycles. The Bertz CT molecular complexity index is 465. The van der Waals surface area contributed by atoms with E-state index >= 15 is 0 Å². The number of benzene rings is 1. The predicted octanol–water partition coefficient (Wildman–Crippen LogP) is 1.26. The molecule has 5 nitrogen and oxygen atoms in total. The minimum absolute atomic E-state index is 0.255. The molecule has 1 fully saturated rings. The van der Waals surface area contributed by atoms with Crippen molar-refractivity contribution in [2.24, 2.45) is 0 Å². The van der Waals surface area contributed by atoms with E-state index in [4.69, 9.17) is 9.84 Å². The topological polar surface area (TPSA) is 75.6 Å². The maximum Gasteiger partial charge on any atom is 0.335 e. The highest BCUT2D eigenvalue weighted by Gasteiger charge is 2.16. The number of hydrogen-bond donors (Lipinski definition) is 2. The number of ether oxygens (including phenoxy) is 1. The lowest BCUT2D eigenvalue weighted by Gasteiger charge is -2.22. The Morgan fingerprint density at radius 1 is 1.30 bits per heavy atom. The highest BCUT2D eigenvalue weighted by molar-refractivity contribution is 7.85. The largest absolute Gasteiger partial charge is 0.492 e. The first kappa shape index (κ1) is 15.0. The Morgan fingerprint density at radius 2 is 1.95 bits per heavy atom. The summed E-state index contributed by atoms with van der Waals surface area (Å²) in [4.78, 5) is 10.7. The first-order valence-corrected chi connectivity index (χ1v) is 8.18. The van der Waals surface area contributed by atoms with E-state index in [1.165, 1.54) is 12.1 Å². The van der Waals surface area contributed by atoms with Gasteiger partial charge < -0.3 is 15.2 Å². The van der Waals surface area contributed by atoms with Crippen molar-refractivity contribution in [1.29, 1.82) is 0 Å². The van der Waals surface area contributed by atoms with Crippen LogP contribution in [0.2, 0.25) is 0 Å². The summed E-state index contributed by atoms with van der Waals surface area (Å²) in [5, 5.41) is 12.2. The zero-order valence-corrected chi connectivity index (χ0v) is 12.0. The molecule has 1 aliphatic heterocycles.